The van der Waals surface area contributed by atoms with Crippen LogP contribution in [-0.2, 0) is 11.3 Å². The van der Waals surface area contributed by atoms with Crippen molar-refractivity contribution in [2.24, 2.45) is 5.73 Å². The van der Waals surface area contributed by atoms with Crippen LogP contribution in [0.25, 0.3) is 0 Å². The highest BCUT2D eigenvalue weighted by Crippen LogP contribution is 2.21. The highest BCUT2D eigenvalue weighted by molar-refractivity contribution is 5.85. The first-order chi connectivity index (χ1) is 11.0. The van der Waals surface area contributed by atoms with Crippen LogP contribution in [0.15, 0.2) is 24.3 Å². The van der Waals surface area contributed by atoms with Crippen LogP contribution in [0.1, 0.15) is 45.1 Å². The smallest absolute Gasteiger partial charge is 0.237 e. The second-order valence-corrected chi connectivity index (χ2v) is 6.54. The van der Waals surface area contributed by atoms with E-state index in [0.29, 0.717) is 13.1 Å². The van der Waals surface area contributed by atoms with Crippen molar-refractivity contribution in [2.45, 2.75) is 57.7 Å². The number of nitrogens with one attached hydrogen (secondary N) is 1. The fourth-order valence-electron chi connectivity index (χ4n) is 3.02. The number of carbonyl (C=O) groups is 1. The van der Waals surface area contributed by atoms with Crippen molar-refractivity contribution in [3.8, 4) is 0 Å². The van der Waals surface area contributed by atoms with Crippen LogP contribution in [0.3, 0.4) is 0 Å². The summed E-state index contributed by atoms with van der Waals surface area (Å²) >= 11 is 0. The standard InChI is InChI=1S/C18H28FN3O.2ClH/c1-3-18(20,4-2)13-21-17(23)16-6-5-11-22(16)12-14-7-9-15(19)10-8-14;;/h7-10,16H,3-6,11-13,20H2,1-2H3,(H,21,23);2*1H. The molecule has 0 saturated carbocycles. The third-order valence-corrected chi connectivity index (χ3v) is 4.99. The number of nitrogens with zero attached hydrogens (tertiary/aromatic N) is 1. The normalized spacial score (nSPS) is 17.5. The van der Waals surface area contributed by atoms with Crippen molar-refractivity contribution in [1.82, 2.24) is 10.2 Å². The summed E-state index contributed by atoms with van der Waals surface area (Å²) in [5.74, 6) is -0.177. The molecule has 144 valence electrons. The number of halogens is 3. The lowest BCUT2D eigenvalue weighted by Gasteiger charge is -2.29. The highest BCUT2D eigenvalue weighted by atomic mass is 35.5. The van der Waals surface area contributed by atoms with Crippen LogP contribution in [-0.4, -0.2) is 35.5 Å². The molecule has 1 aliphatic rings. The predicted molar refractivity (Wildman–Crippen MR) is 105 cm³/mol. The molecule has 7 heteroatoms. The lowest BCUT2D eigenvalue weighted by atomic mass is 9.94. The van der Waals surface area contributed by atoms with E-state index in [0.717, 1.165) is 37.8 Å². The van der Waals surface area contributed by atoms with E-state index < -0.39 is 0 Å². The summed E-state index contributed by atoms with van der Waals surface area (Å²) in [5, 5.41) is 3.03. The number of amides is 1. The molecule has 1 saturated heterocycles. The molecule has 0 aromatic heterocycles. The molecular weight excluding hydrogens is 364 g/mol. The van der Waals surface area contributed by atoms with Gasteiger partial charge in [0, 0.05) is 18.6 Å². The van der Waals surface area contributed by atoms with E-state index in [1.54, 1.807) is 12.1 Å². The number of hydrogen-bond donors (Lipinski definition) is 2. The molecule has 1 unspecified atom stereocenters. The number of rotatable bonds is 7. The molecule has 1 heterocycles. The fraction of sp³-hybridized carbons (Fsp3) is 0.611. The Hall–Kier alpha value is -0.880. The fourth-order valence-corrected chi connectivity index (χ4v) is 3.02. The quantitative estimate of drug-likeness (QED) is 0.746. The molecule has 0 radical (unpaired) electrons. The number of nitrogens with two attached hydrogens (primary N) is 1. The number of carbonyl (C=O) groups excluding carboxylic acids is 1. The van der Waals surface area contributed by atoms with Crippen LogP contribution in [0.2, 0.25) is 0 Å². The van der Waals surface area contributed by atoms with E-state index >= 15 is 0 Å². The Morgan fingerprint density at radius 1 is 1.28 bits per heavy atom. The minimum absolute atomic E-state index is 0. The molecule has 0 spiro atoms. The SMILES string of the molecule is CCC(N)(CC)CNC(=O)C1CCCN1Cc1ccc(F)cc1.Cl.Cl. The van der Waals surface area contributed by atoms with Gasteiger partial charge in [0.2, 0.25) is 5.91 Å². The third kappa shape index (κ3) is 6.74. The average Bonchev–Trinajstić information content (AvgIpc) is 3.02. The summed E-state index contributed by atoms with van der Waals surface area (Å²) in [6.45, 7) is 6.18. The van der Waals surface area contributed by atoms with E-state index in [1.165, 1.54) is 12.1 Å². The van der Waals surface area contributed by atoms with E-state index in [-0.39, 0.29) is 48.1 Å². The molecule has 1 aromatic rings. The molecule has 25 heavy (non-hydrogen) atoms. The zero-order chi connectivity index (χ0) is 16.9. The van der Waals surface area contributed by atoms with Crippen molar-refractivity contribution < 1.29 is 9.18 Å². The molecule has 1 atom stereocenters. The van der Waals surface area contributed by atoms with Crippen LogP contribution < -0.4 is 11.1 Å². The molecule has 2 rings (SSSR count). The lowest BCUT2D eigenvalue weighted by molar-refractivity contribution is -0.125. The summed E-state index contributed by atoms with van der Waals surface area (Å²) in [6, 6.07) is 6.37. The van der Waals surface area contributed by atoms with E-state index in [4.69, 9.17) is 5.73 Å². The predicted octanol–water partition coefficient (Wildman–Crippen LogP) is 3.27. The van der Waals surface area contributed by atoms with Crippen LogP contribution in [0.4, 0.5) is 4.39 Å². The maximum atomic E-state index is 13.0. The number of likely N-dealkylation sites (tertiary alicyclic amines) is 1. The van der Waals surface area contributed by atoms with Gasteiger partial charge in [-0.1, -0.05) is 26.0 Å². The molecule has 1 fully saturated rings. The largest absolute Gasteiger partial charge is 0.353 e. The van der Waals surface area contributed by atoms with Crippen molar-refractivity contribution >= 4 is 30.7 Å². The van der Waals surface area contributed by atoms with Gasteiger partial charge >= 0.3 is 0 Å². The number of hydrogen-bond acceptors (Lipinski definition) is 3. The molecule has 3 N–H and O–H groups in total. The molecule has 1 aliphatic heterocycles. The van der Waals surface area contributed by atoms with Gasteiger partial charge in [-0.3, -0.25) is 9.69 Å². The van der Waals surface area contributed by atoms with Gasteiger partial charge in [0.1, 0.15) is 5.82 Å². The van der Waals surface area contributed by atoms with Crippen molar-refractivity contribution in [3.05, 3.63) is 35.6 Å². The van der Waals surface area contributed by atoms with Crippen molar-refractivity contribution in [1.29, 1.82) is 0 Å². The monoisotopic (exact) mass is 393 g/mol. The first-order valence-corrected chi connectivity index (χ1v) is 8.52. The van der Waals surface area contributed by atoms with Crippen LogP contribution in [0.5, 0.6) is 0 Å². The Morgan fingerprint density at radius 2 is 1.88 bits per heavy atom. The van der Waals surface area contributed by atoms with Gasteiger partial charge in [-0.15, -0.1) is 24.8 Å². The highest BCUT2D eigenvalue weighted by Gasteiger charge is 2.31. The van der Waals surface area contributed by atoms with E-state index in [9.17, 15) is 9.18 Å². The summed E-state index contributed by atoms with van der Waals surface area (Å²) in [5.41, 5.74) is 6.96. The molecule has 4 nitrogen and oxygen atoms in total. The van der Waals surface area contributed by atoms with Crippen LogP contribution >= 0.6 is 24.8 Å². The first-order valence-electron chi connectivity index (χ1n) is 8.52. The zero-order valence-corrected chi connectivity index (χ0v) is 16.6. The maximum Gasteiger partial charge on any atom is 0.237 e. The summed E-state index contributed by atoms with van der Waals surface area (Å²) in [6.07, 6.45) is 3.55. The Morgan fingerprint density at radius 3 is 2.44 bits per heavy atom. The Labute approximate surface area is 162 Å². The third-order valence-electron chi connectivity index (χ3n) is 4.99. The second kappa shape index (κ2) is 11.0. The minimum atomic E-state index is -0.323. The van der Waals surface area contributed by atoms with Gasteiger partial charge < -0.3 is 11.1 Å². The Balaban J connectivity index is 0.00000288. The van der Waals surface area contributed by atoms with Gasteiger partial charge in [0.05, 0.1) is 6.04 Å². The lowest BCUT2D eigenvalue weighted by Crippen LogP contribution is -2.52. The van der Waals surface area contributed by atoms with Gasteiger partial charge in [0.25, 0.3) is 0 Å². The number of benzene rings is 1. The van der Waals surface area contributed by atoms with Gasteiger partial charge in [-0.05, 0) is 49.9 Å². The van der Waals surface area contributed by atoms with Crippen molar-refractivity contribution in [2.75, 3.05) is 13.1 Å². The average molecular weight is 394 g/mol. The molecular formula is C18H30Cl2FN3O. The summed E-state index contributed by atoms with van der Waals surface area (Å²) in [7, 11) is 0. The van der Waals surface area contributed by atoms with Gasteiger partial charge in [-0.2, -0.15) is 0 Å². The van der Waals surface area contributed by atoms with Gasteiger partial charge in [0.15, 0.2) is 0 Å². The van der Waals surface area contributed by atoms with Crippen molar-refractivity contribution in [3.63, 3.8) is 0 Å². The maximum absolute atomic E-state index is 13.0. The van der Waals surface area contributed by atoms with E-state index in [2.05, 4.69) is 10.2 Å². The molecule has 0 aliphatic carbocycles. The molecule has 0 bridgehead atoms. The molecule has 1 amide bonds. The minimum Gasteiger partial charge on any atom is -0.353 e. The summed E-state index contributed by atoms with van der Waals surface area (Å²) in [4.78, 5) is 14.7. The zero-order valence-electron chi connectivity index (χ0n) is 15.0. The second-order valence-electron chi connectivity index (χ2n) is 6.54. The molecule has 1 aromatic carbocycles. The Bertz CT molecular complexity index is 524. The topological polar surface area (TPSA) is 58.4 Å². The first kappa shape index (κ1) is 24.1. The van der Waals surface area contributed by atoms with Gasteiger partial charge in [-0.25, -0.2) is 4.39 Å². The summed E-state index contributed by atoms with van der Waals surface area (Å²) < 4.78 is 13.0. The van der Waals surface area contributed by atoms with Crippen LogP contribution in [0, 0.1) is 5.82 Å². The Kier molecular flexibility index (Phi) is 10.6. The van der Waals surface area contributed by atoms with E-state index in [1.807, 2.05) is 13.8 Å².